The number of amides is 2. The highest BCUT2D eigenvalue weighted by Gasteiger charge is 2.19. The SMILES string of the molecule is CC(C)C(=O)NC[C@H](C)N(C)C(=O)C(C)C. The molecule has 16 heavy (non-hydrogen) atoms. The average molecular weight is 228 g/mol. The molecule has 0 fully saturated rings. The fraction of sp³-hybridized carbons (Fsp3) is 0.833. The van der Waals surface area contributed by atoms with Gasteiger partial charge in [0.15, 0.2) is 0 Å². The minimum Gasteiger partial charge on any atom is -0.354 e. The van der Waals surface area contributed by atoms with E-state index in [9.17, 15) is 9.59 Å². The molecule has 0 radical (unpaired) electrons. The molecule has 0 aliphatic heterocycles. The minimum absolute atomic E-state index is 0.00625. The molecule has 2 amide bonds. The van der Waals surface area contributed by atoms with Crippen LogP contribution in [0.2, 0.25) is 0 Å². The minimum atomic E-state index is -0.0155. The largest absolute Gasteiger partial charge is 0.354 e. The number of hydrogen-bond acceptors (Lipinski definition) is 2. The number of carbonyl (C=O) groups excluding carboxylic acids is 2. The number of nitrogens with zero attached hydrogens (tertiary/aromatic N) is 1. The molecule has 0 spiro atoms. The van der Waals surface area contributed by atoms with E-state index >= 15 is 0 Å². The molecule has 0 rings (SSSR count). The van der Waals surface area contributed by atoms with Crippen LogP contribution >= 0.6 is 0 Å². The third-order valence-electron chi connectivity index (χ3n) is 2.60. The maximum absolute atomic E-state index is 11.7. The Labute approximate surface area is 98.4 Å². The Morgan fingerprint density at radius 1 is 1.06 bits per heavy atom. The van der Waals surface area contributed by atoms with E-state index in [0.717, 1.165) is 0 Å². The maximum atomic E-state index is 11.7. The molecule has 0 aromatic heterocycles. The second-order valence-corrected chi connectivity index (χ2v) is 4.85. The molecule has 0 aromatic rings. The summed E-state index contributed by atoms with van der Waals surface area (Å²) >= 11 is 0. The van der Waals surface area contributed by atoms with Gasteiger partial charge in [0.2, 0.25) is 11.8 Å². The molecule has 0 heterocycles. The van der Waals surface area contributed by atoms with Gasteiger partial charge in [-0.25, -0.2) is 0 Å². The normalized spacial score (nSPS) is 12.8. The molecule has 1 atom stereocenters. The van der Waals surface area contributed by atoms with Crippen molar-refractivity contribution < 1.29 is 9.59 Å². The lowest BCUT2D eigenvalue weighted by Crippen LogP contribution is -2.45. The Kier molecular flexibility index (Phi) is 6.08. The van der Waals surface area contributed by atoms with E-state index in [4.69, 9.17) is 0 Å². The zero-order valence-electron chi connectivity index (χ0n) is 11.2. The quantitative estimate of drug-likeness (QED) is 0.770. The van der Waals surface area contributed by atoms with Crippen molar-refractivity contribution in [2.24, 2.45) is 11.8 Å². The lowest BCUT2D eigenvalue weighted by molar-refractivity contribution is -0.135. The van der Waals surface area contributed by atoms with E-state index < -0.39 is 0 Å². The molecule has 0 bridgehead atoms. The highest BCUT2D eigenvalue weighted by Crippen LogP contribution is 2.03. The molecular formula is C12H24N2O2. The van der Waals surface area contributed by atoms with E-state index in [1.165, 1.54) is 0 Å². The molecule has 94 valence electrons. The van der Waals surface area contributed by atoms with Crippen molar-refractivity contribution in [3.8, 4) is 0 Å². The van der Waals surface area contributed by atoms with Crippen molar-refractivity contribution in [1.29, 1.82) is 0 Å². The van der Waals surface area contributed by atoms with Crippen molar-refractivity contribution in [2.75, 3.05) is 13.6 Å². The molecule has 0 unspecified atom stereocenters. The highest BCUT2D eigenvalue weighted by molar-refractivity contribution is 5.79. The molecule has 4 heteroatoms. The monoisotopic (exact) mass is 228 g/mol. The Morgan fingerprint density at radius 2 is 1.56 bits per heavy atom. The standard InChI is InChI=1S/C12H24N2O2/c1-8(2)11(15)13-7-10(5)14(6)12(16)9(3)4/h8-10H,7H2,1-6H3,(H,13,15)/t10-/m0/s1. The topological polar surface area (TPSA) is 49.4 Å². The first kappa shape index (κ1) is 14.9. The third kappa shape index (κ3) is 4.64. The van der Waals surface area contributed by atoms with Gasteiger partial charge in [0.05, 0.1) is 0 Å². The van der Waals surface area contributed by atoms with Crippen LogP contribution in [0.15, 0.2) is 0 Å². The van der Waals surface area contributed by atoms with Gasteiger partial charge in [0.1, 0.15) is 0 Å². The summed E-state index contributed by atoms with van der Waals surface area (Å²) in [6.07, 6.45) is 0. The molecule has 0 aliphatic rings. The summed E-state index contributed by atoms with van der Waals surface area (Å²) in [5.74, 6) is 0.107. The van der Waals surface area contributed by atoms with Gasteiger partial charge in [0.25, 0.3) is 0 Å². The Hall–Kier alpha value is -1.06. The van der Waals surface area contributed by atoms with E-state index in [0.29, 0.717) is 6.54 Å². The van der Waals surface area contributed by atoms with E-state index in [2.05, 4.69) is 5.32 Å². The molecule has 4 nitrogen and oxygen atoms in total. The Balaban J connectivity index is 4.11. The van der Waals surface area contributed by atoms with Crippen molar-refractivity contribution in [2.45, 2.75) is 40.7 Å². The zero-order chi connectivity index (χ0) is 12.9. The lowest BCUT2D eigenvalue weighted by Gasteiger charge is -2.27. The first-order chi connectivity index (χ1) is 7.27. The van der Waals surface area contributed by atoms with Crippen molar-refractivity contribution >= 4 is 11.8 Å². The van der Waals surface area contributed by atoms with Gasteiger partial charge in [-0.1, -0.05) is 27.7 Å². The second-order valence-electron chi connectivity index (χ2n) is 4.85. The number of nitrogens with one attached hydrogen (secondary N) is 1. The Bertz CT molecular complexity index is 249. The van der Waals surface area contributed by atoms with Crippen LogP contribution in [0.25, 0.3) is 0 Å². The van der Waals surface area contributed by atoms with Crippen LogP contribution in [0.3, 0.4) is 0 Å². The van der Waals surface area contributed by atoms with Gasteiger partial charge >= 0.3 is 0 Å². The summed E-state index contributed by atoms with van der Waals surface area (Å²) in [6, 6.07) is 0.0256. The first-order valence-electron chi connectivity index (χ1n) is 5.81. The number of hydrogen-bond donors (Lipinski definition) is 1. The van der Waals surface area contributed by atoms with E-state index in [1.54, 1.807) is 11.9 Å². The van der Waals surface area contributed by atoms with Crippen LogP contribution in [0.4, 0.5) is 0 Å². The predicted molar refractivity (Wildman–Crippen MR) is 64.9 cm³/mol. The van der Waals surface area contributed by atoms with Gasteiger partial charge in [-0.05, 0) is 6.92 Å². The summed E-state index contributed by atoms with van der Waals surface area (Å²) in [7, 11) is 1.77. The summed E-state index contributed by atoms with van der Waals surface area (Å²) in [4.78, 5) is 24.7. The van der Waals surface area contributed by atoms with Crippen LogP contribution in [0.5, 0.6) is 0 Å². The second kappa shape index (κ2) is 6.51. The summed E-state index contributed by atoms with van der Waals surface area (Å²) in [5, 5.41) is 2.82. The summed E-state index contributed by atoms with van der Waals surface area (Å²) in [6.45, 7) is 9.88. The average Bonchev–Trinajstić information content (AvgIpc) is 2.22. The predicted octanol–water partition coefficient (Wildman–Crippen LogP) is 1.26. The third-order valence-corrected chi connectivity index (χ3v) is 2.60. The van der Waals surface area contributed by atoms with E-state index in [-0.39, 0.29) is 29.7 Å². The van der Waals surface area contributed by atoms with Crippen LogP contribution in [0.1, 0.15) is 34.6 Å². The lowest BCUT2D eigenvalue weighted by atomic mass is 10.1. The first-order valence-corrected chi connectivity index (χ1v) is 5.81. The molecule has 0 aliphatic carbocycles. The fourth-order valence-electron chi connectivity index (χ4n) is 1.21. The zero-order valence-corrected chi connectivity index (χ0v) is 11.2. The van der Waals surface area contributed by atoms with Crippen molar-refractivity contribution in [3.63, 3.8) is 0 Å². The maximum Gasteiger partial charge on any atom is 0.225 e. The molecule has 0 aromatic carbocycles. The van der Waals surface area contributed by atoms with Gasteiger partial charge in [-0.15, -0.1) is 0 Å². The van der Waals surface area contributed by atoms with E-state index in [1.807, 2.05) is 34.6 Å². The number of likely N-dealkylation sites (N-methyl/N-ethyl adjacent to an activating group) is 1. The van der Waals surface area contributed by atoms with Crippen molar-refractivity contribution in [1.82, 2.24) is 10.2 Å². The van der Waals surface area contributed by atoms with Crippen LogP contribution in [-0.4, -0.2) is 36.3 Å². The molecular weight excluding hydrogens is 204 g/mol. The Morgan fingerprint density at radius 3 is 1.94 bits per heavy atom. The number of carbonyl (C=O) groups is 2. The summed E-state index contributed by atoms with van der Waals surface area (Å²) in [5.41, 5.74) is 0. The highest BCUT2D eigenvalue weighted by atomic mass is 16.2. The fourth-order valence-corrected chi connectivity index (χ4v) is 1.21. The van der Waals surface area contributed by atoms with Crippen LogP contribution < -0.4 is 5.32 Å². The molecule has 0 saturated heterocycles. The van der Waals surface area contributed by atoms with Gasteiger partial charge in [-0.2, -0.15) is 0 Å². The van der Waals surface area contributed by atoms with Crippen LogP contribution in [-0.2, 0) is 9.59 Å². The molecule has 0 saturated carbocycles. The smallest absolute Gasteiger partial charge is 0.225 e. The van der Waals surface area contributed by atoms with Gasteiger partial charge < -0.3 is 10.2 Å². The van der Waals surface area contributed by atoms with Gasteiger partial charge in [-0.3, -0.25) is 9.59 Å². The van der Waals surface area contributed by atoms with Crippen LogP contribution in [0, 0.1) is 11.8 Å². The van der Waals surface area contributed by atoms with Crippen molar-refractivity contribution in [3.05, 3.63) is 0 Å². The summed E-state index contributed by atoms with van der Waals surface area (Å²) < 4.78 is 0. The van der Waals surface area contributed by atoms with Gasteiger partial charge in [0, 0.05) is 31.5 Å². The number of rotatable bonds is 5. The molecule has 1 N–H and O–H groups in total.